The van der Waals surface area contributed by atoms with Crippen LogP contribution in [0.2, 0.25) is 0 Å². The predicted octanol–water partition coefficient (Wildman–Crippen LogP) is 4.18. The first kappa shape index (κ1) is 21.1. The molecule has 0 saturated carbocycles. The van der Waals surface area contributed by atoms with E-state index in [9.17, 15) is 9.59 Å². The summed E-state index contributed by atoms with van der Waals surface area (Å²) in [5.74, 6) is 0.773. The van der Waals surface area contributed by atoms with E-state index < -0.39 is 5.97 Å². The minimum atomic E-state index is -0.529. The Morgan fingerprint density at radius 2 is 1.93 bits per heavy atom. The lowest BCUT2D eigenvalue weighted by atomic mass is 10.1. The highest BCUT2D eigenvalue weighted by atomic mass is 16.6. The van der Waals surface area contributed by atoms with Gasteiger partial charge in [-0.2, -0.15) is 0 Å². The zero-order valence-corrected chi connectivity index (χ0v) is 17.2. The maximum atomic E-state index is 12.3. The van der Waals surface area contributed by atoms with Crippen molar-refractivity contribution in [2.45, 2.75) is 26.7 Å². The van der Waals surface area contributed by atoms with Crippen LogP contribution in [0.25, 0.3) is 6.08 Å². The summed E-state index contributed by atoms with van der Waals surface area (Å²) >= 11 is 0. The quantitative estimate of drug-likeness (QED) is 0.402. The monoisotopic (exact) mass is 408 g/mol. The van der Waals surface area contributed by atoms with Crippen molar-refractivity contribution >= 4 is 29.5 Å². The van der Waals surface area contributed by atoms with Gasteiger partial charge in [0.25, 0.3) is 0 Å². The van der Waals surface area contributed by atoms with Crippen LogP contribution in [-0.4, -0.2) is 31.5 Å². The van der Waals surface area contributed by atoms with Crippen LogP contribution in [0.5, 0.6) is 11.5 Å². The van der Waals surface area contributed by atoms with Crippen molar-refractivity contribution < 1.29 is 23.8 Å². The number of nitrogens with one attached hydrogen (secondary N) is 1. The summed E-state index contributed by atoms with van der Waals surface area (Å²) in [6, 6.07) is 12.3. The molecule has 156 valence electrons. The van der Waals surface area contributed by atoms with E-state index in [2.05, 4.69) is 17.2 Å². The second kappa shape index (κ2) is 9.73. The van der Waals surface area contributed by atoms with E-state index in [0.717, 1.165) is 18.4 Å². The van der Waals surface area contributed by atoms with E-state index in [4.69, 9.17) is 14.2 Å². The third-order valence-corrected chi connectivity index (χ3v) is 4.32. The highest BCUT2D eigenvalue weighted by Gasteiger charge is 2.24. The third kappa shape index (κ3) is 5.26. The minimum Gasteiger partial charge on any atom is -0.493 e. The van der Waals surface area contributed by atoms with E-state index in [1.807, 2.05) is 12.1 Å². The van der Waals surface area contributed by atoms with E-state index in [1.165, 1.54) is 6.92 Å². The SMILES string of the molecule is CCCCOc1ccc(/C=C2\N=C(c3ccc(NC(C)=O)cc3)OC2=O)cc1OC. The number of hydrogen-bond acceptors (Lipinski definition) is 6. The highest BCUT2D eigenvalue weighted by molar-refractivity contribution is 6.13. The number of unbranched alkanes of at least 4 members (excludes halogenated alkanes) is 1. The molecule has 1 aliphatic rings. The topological polar surface area (TPSA) is 86.2 Å². The summed E-state index contributed by atoms with van der Waals surface area (Å²) in [6.45, 7) is 4.16. The number of carbonyl (C=O) groups is 2. The average Bonchev–Trinajstić information content (AvgIpc) is 3.09. The third-order valence-electron chi connectivity index (χ3n) is 4.32. The molecule has 0 unspecified atom stereocenters. The van der Waals surface area contributed by atoms with Gasteiger partial charge in [-0.15, -0.1) is 0 Å². The molecule has 0 fully saturated rings. The van der Waals surface area contributed by atoms with Gasteiger partial charge in [0, 0.05) is 18.2 Å². The smallest absolute Gasteiger partial charge is 0.363 e. The Bertz CT molecular complexity index is 993. The Morgan fingerprint density at radius 3 is 2.60 bits per heavy atom. The molecule has 0 aromatic heterocycles. The Morgan fingerprint density at radius 1 is 1.17 bits per heavy atom. The molecule has 1 heterocycles. The predicted molar refractivity (Wildman–Crippen MR) is 115 cm³/mol. The maximum Gasteiger partial charge on any atom is 0.363 e. The van der Waals surface area contributed by atoms with Gasteiger partial charge in [0.1, 0.15) is 0 Å². The van der Waals surface area contributed by atoms with Crippen molar-refractivity contribution in [3.63, 3.8) is 0 Å². The van der Waals surface area contributed by atoms with Crippen LogP contribution in [0.1, 0.15) is 37.8 Å². The first-order valence-electron chi connectivity index (χ1n) is 9.71. The molecule has 2 aromatic carbocycles. The lowest BCUT2D eigenvalue weighted by molar-refractivity contribution is -0.129. The van der Waals surface area contributed by atoms with Gasteiger partial charge in [-0.25, -0.2) is 9.79 Å². The summed E-state index contributed by atoms with van der Waals surface area (Å²) in [4.78, 5) is 27.7. The summed E-state index contributed by atoms with van der Waals surface area (Å²) in [7, 11) is 1.57. The number of methoxy groups -OCH3 is 1. The van der Waals surface area contributed by atoms with Crippen molar-refractivity contribution in [2.75, 3.05) is 19.0 Å². The number of cyclic esters (lactones) is 1. The molecule has 0 aliphatic carbocycles. The molecule has 2 aromatic rings. The van der Waals surface area contributed by atoms with Gasteiger partial charge in [0.05, 0.1) is 13.7 Å². The molecule has 1 aliphatic heterocycles. The molecule has 0 spiro atoms. The Balaban J connectivity index is 1.79. The second-order valence-corrected chi connectivity index (χ2v) is 6.71. The lowest BCUT2D eigenvalue weighted by Crippen LogP contribution is -2.07. The average molecular weight is 408 g/mol. The zero-order valence-electron chi connectivity index (χ0n) is 17.2. The number of hydrogen-bond donors (Lipinski definition) is 1. The fourth-order valence-electron chi connectivity index (χ4n) is 2.81. The van der Waals surface area contributed by atoms with Crippen molar-refractivity contribution in [2.24, 2.45) is 4.99 Å². The fourth-order valence-corrected chi connectivity index (χ4v) is 2.81. The van der Waals surface area contributed by atoms with Crippen LogP contribution < -0.4 is 14.8 Å². The number of nitrogens with zero attached hydrogens (tertiary/aromatic N) is 1. The van der Waals surface area contributed by atoms with Gasteiger partial charge in [0.2, 0.25) is 11.8 Å². The van der Waals surface area contributed by atoms with Gasteiger partial charge in [-0.1, -0.05) is 19.4 Å². The summed E-state index contributed by atoms with van der Waals surface area (Å²) in [5, 5.41) is 2.68. The van der Waals surface area contributed by atoms with Gasteiger partial charge in [0.15, 0.2) is 17.2 Å². The molecular formula is C23H24N2O5. The molecule has 0 atom stereocenters. The van der Waals surface area contributed by atoms with Crippen molar-refractivity contribution in [3.8, 4) is 11.5 Å². The molecule has 1 N–H and O–H groups in total. The van der Waals surface area contributed by atoms with Crippen LogP contribution in [-0.2, 0) is 14.3 Å². The summed E-state index contributed by atoms with van der Waals surface area (Å²) < 4.78 is 16.4. The minimum absolute atomic E-state index is 0.158. The molecular weight excluding hydrogens is 384 g/mol. The van der Waals surface area contributed by atoms with Crippen LogP contribution in [0.3, 0.4) is 0 Å². The standard InChI is InChI=1S/C23H24N2O5/c1-4-5-12-29-20-11-6-16(14-21(20)28-3)13-19-23(27)30-22(25-19)17-7-9-18(10-8-17)24-15(2)26/h6-11,13-14H,4-5,12H2,1-3H3,(H,24,26)/b19-13-. The first-order chi connectivity index (χ1) is 14.5. The van der Waals surface area contributed by atoms with Crippen LogP contribution in [0.4, 0.5) is 5.69 Å². The molecule has 0 saturated heterocycles. The number of anilines is 1. The first-order valence-corrected chi connectivity index (χ1v) is 9.71. The van der Waals surface area contributed by atoms with Crippen molar-refractivity contribution in [1.82, 2.24) is 0 Å². The van der Waals surface area contributed by atoms with Gasteiger partial charge in [-0.05, 0) is 54.5 Å². The van der Waals surface area contributed by atoms with Gasteiger partial charge >= 0.3 is 5.97 Å². The number of amides is 1. The number of esters is 1. The van der Waals surface area contributed by atoms with E-state index >= 15 is 0 Å². The van der Waals surface area contributed by atoms with Crippen molar-refractivity contribution in [1.29, 1.82) is 0 Å². The molecule has 7 heteroatoms. The van der Waals surface area contributed by atoms with Gasteiger partial charge in [-0.3, -0.25) is 4.79 Å². The maximum absolute atomic E-state index is 12.3. The fraction of sp³-hybridized carbons (Fsp3) is 0.261. The van der Waals surface area contributed by atoms with Crippen molar-refractivity contribution in [3.05, 3.63) is 59.3 Å². The molecule has 0 bridgehead atoms. The molecule has 7 nitrogen and oxygen atoms in total. The summed E-state index contributed by atoms with van der Waals surface area (Å²) in [6.07, 6.45) is 3.65. The Hall–Kier alpha value is -3.61. The normalized spacial score (nSPS) is 14.3. The molecule has 1 amide bonds. The zero-order chi connectivity index (χ0) is 21.5. The van der Waals surface area contributed by atoms with E-state index in [1.54, 1.807) is 43.5 Å². The van der Waals surface area contributed by atoms with Gasteiger partial charge < -0.3 is 19.5 Å². The Labute approximate surface area is 175 Å². The second-order valence-electron chi connectivity index (χ2n) is 6.71. The molecule has 30 heavy (non-hydrogen) atoms. The van der Waals surface area contributed by atoms with Crippen LogP contribution >= 0.6 is 0 Å². The van der Waals surface area contributed by atoms with E-state index in [-0.39, 0.29) is 17.5 Å². The number of aliphatic imine (C=N–C) groups is 1. The molecule has 0 radical (unpaired) electrons. The number of ether oxygens (including phenoxy) is 3. The van der Waals surface area contributed by atoms with E-state index in [0.29, 0.717) is 29.4 Å². The van der Waals surface area contributed by atoms with Crippen LogP contribution in [0.15, 0.2) is 53.2 Å². The van der Waals surface area contributed by atoms with Crippen LogP contribution in [0, 0.1) is 0 Å². The number of rotatable bonds is 8. The summed E-state index contributed by atoms with van der Waals surface area (Å²) in [5.41, 5.74) is 2.23. The largest absolute Gasteiger partial charge is 0.493 e. The molecule has 3 rings (SSSR count). The Kier molecular flexibility index (Phi) is 6.85. The highest BCUT2D eigenvalue weighted by Crippen LogP contribution is 2.30. The lowest BCUT2D eigenvalue weighted by Gasteiger charge is -2.10. The number of benzene rings is 2. The number of carbonyl (C=O) groups excluding carboxylic acids is 2.